The normalized spacial score (nSPS) is 23.6. The molecule has 0 aliphatic carbocycles. The summed E-state index contributed by atoms with van der Waals surface area (Å²) >= 11 is 0. The summed E-state index contributed by atoms with van der Waals surface area (Å²) in [5.74, 6) is 7.20. The number of β-amino-alcohol motifs (C(OH)–C–C–N with tert-alkyl or cyclic N) is 1. The molecule has 0 radical (unpaired) electrons. The lowest BCUT2D eigenvalue weighted by atomic mass is 9.73. The average molecular weight is 391 g/mol. The van der Waals surface area contributed by atoms with Gasteiger partial charge in [-0.3, -0.25) is 4.90 Å². The Bertz CT molecular complexity index is 809. The summed E-state index contributed by atoms with van der Waals surface area (Å²) in [5.41, 5.74) is 9.53. The van der Waals surface area contributed by atoms with Crippen molar-refractivity contribution < 1.29 is 5.11 Å². The first kappa shape index (κ1) is 21.6. The summed E-state index contributed by atoms with van der Waals surface area (Å²) in [6.07, 6.45) is 1.76. The van der Waals surface area contributed by atoms with Crippen LogP contribution in [0.4, 0.5) is 0 Å². The molecule has 2 aromatic rings. The molecule has 0 aromatic heterocycles. The van der Waals surface area contributed by atoms with E-state index in [1.807, 2.05) is 30.3 Å². The molecule has 3 nitrogen and oxygen atoms in total. The smallest absolute Gasteiger partial charge is 0.0692 e. The molecule has 1 fully saturated rings. The van der Waals surface area contributed by atoms with Crippen molar-refractivity contribution in [1.82, 2.24) is 4.90 Å². The maximum Gasteiger partial charge on any atom is 0.0692 e. The number of nitrogens with zero attached hydrogens (tertiary/aromatic N) is 1. The number of benzene rings is 2. The summed E-state index contributed by atoms with van der Waals surface area (Å²) in [6, 6.07) is 19.4. The average Bonchev–Trinajstić information content (AvgIpc) is 2.76. The second-order valence-electron chi connectivity index (χ2n) is 8.19. The zero-order chi connectivity index (χ0) is 20.8. The molecular weight excluding hydrogens is 356 g/mol. The minimum atomic E-state index is -0.292. The van der Waals surface area contributed by atoms with Gasteiger partial charge in [-0.1, -0.05) is 69.4 Å². The largest absolute Gasteiger partial charge is 0.392 e. The van der Waals surface area contributed by atoms with E-state index in [4.69, 9.17) is 5.73 Å². The molecule has 1 saturated heterocycles. The first-order chi connectivity index (χ1) is 14.1. The van der Waals surface area contributed by atoms with Crippen molar-refractivity contribution in [2.45, 2.75) is 57.7 Å². The van der Waals surface area contributed by atoms with E-state index in [1.54, 1.807) is 0 Å². The molecule has 3 rings (SSSR count). The van der Waals surface area contributed by atoms with Gasteiger partial charge < -0.3 is 10.8 Å². The first-order valence-electron chi connectivity index (χ1n) is 10.9. The van der Waals surface area contributed by atoms with Crippen molar-refractivity contribution in [3.8, 4) is 11.8 Å². The lowest BCUT2D eigenvalue weighted by Gasteiger charge is -2.56. The van der Waals surface area contributed by atoms with Crippen LogP contribution in [-0.2, 0) is 0 Å². The Labute approximate surface area is 175 Å². The van der Waals surface area contributed by atoms with Crippen LogP contribution in [0.5, 0.6) is 0 Å². The van der Waals surface area contributed by atoms with Gasteiger partial charge in [-0.05, 0) is 42.2 Å². The van der Waals surface area contributed by atoms with Gasteiger partial charge in [0.25, 0.3) is 0 Å². The van der Waals surface area contributed by atoms with E-state index in [1.165, 1.54) is 5.56 Å². The molecular formula is C26H34N2O. The van der Waals surface area contributed by atoms with Crippen molar-refractivity contribution >= 4 is 0 Å². The molecule has 5 atom stereocenters. The number of aliphatic hydroxyl groups is 1. The highest BCUT2D eigenvalue weighted by Crippen LogP contribution is 2.42. The van der Waals surface area contributed by atoms with Crippen LogP contribution in [0, 0.1) is 17.8 Å². The van der Waals surface area contributed by atoms with E-state index in [0.29, 0.717) is 37.0 Å². The highest BCUT2D eigenvalue weighted by molar-refractivity contribution is 5.44. The molecule has 29 heavy (non-hydrogen) atoms. The van der Waals surface area contributed by atoms with Crippen molar-refractivity contribution in [3.05, 3.63) is 71.3 Å². The van der Waals surface area contributed by atoms with Crippen LogP contribution in [0.25, 0.3) is 0 Å². The lowest BCUT2D eigenvalue weighted by Crippen LogP contribution is -2.66. The van der Waals surface area contributed by atoms with Gasteiger partial charge in [0.1, 0.15) is 0 Å². The number of likely N-dealkylation sites (tertiary alicyclic amines) is 1. The fourth-order valence-corrected chi connectivity index (χ4v) is 4.42. The number of hydrogen-bond acceptors (Lipinski definition) is 3. The van der Waals surface area contributed by atoms with Crippen molar-refractivity contribution in [2.24, 2.45) is 11.7 Å². The molecule has 1 aliphatic rings. The van der Waals surface area contributed by atoms with Gasteiger partial charge in [-0.15, -0.1) is 0 Å². The van der Waals surface area contributed by atoms with Crippen LogP contribution in [0.15, 0.2) is 54.6 Å². The quantitative estimate of drug-likeness (QED) is 0.703. The summed E-state index contributed by atoms with van der Waals surface area (Å²) in [7, 11) is 0. The second kappa shape index (κ2) is 10.1. The van der Waals surface area contributed by atoms with Crippen LogP contribution < -0.4 is 5.73 Å². The van der Waals surface area contributed by atoms with E-state index in [9.17, 15) is 5.11 Å². The minimum Gasteiger partial charge on any atom is -0.392 e. The molecule has 0 spiro atoms. The maximum absolute atomic E-state index is 10.5. The Morgan fingerprint density at radius 2 is 1.59 bits per heavy atom. The van der Waals surface area contributed by atoms with Crippen LogP contribution in [0.2, 0.25) is 0 Å². The molecule has 3 heteroatoms. The van der Waals surface area contributed by atoms with Gasteiger partial charge in [0.05, 0.1) is 6.10 Å². The third-order valence-electron chi connectivity index (χ3n) is 6.46. The monoisotopic (exact) mass is 390 g/mol. The molecule has 3 N–H and O–H groups in total. The van der Waals surface area contributed by atoms with E-state index in [0.717, 1.165) is 24.0 Å². The fraction of sp³-hybridized carbons (Fsp3) is 0.462. The summed E-state index contributed by atoms with van der Waals surface area (Å²) in [6.45, 7) is 7.81. The molecule has 5 unspecified atom stereocenters. The Morgan fingerprint density at radius 3 is 2.14 bits per heavy atom. The SMILES string of the molecule is CCC(C)C(O)CN1C(CC)C(c2ccc(C#Cc3ccccc3)cc2)C1CN. The Kier molecular flexibility index (Phi) is 7.50. The molecule has 1 heterocycles. The van der Waals surface area contributed by atoms with Crippen molar-refractivity contribution in [3.63, 3.8) is 0 Å². The second-order valence-corrected chi connectivity index (χ2v) is 8.19. The Balaban J connectivity index is 1.71. The Hall–Kier alpha value is -2.12. The fourth-order valence-electron chi connectivity index (χ4n) is 4.42. The lowest BCUT2D eigenvalue weighted by molar-refractivity contribution is -0.0530. The highest BCUT2D eigenvalue weighted by Gasteiger charge is 2.47. The summed E-state index contributed by atoms with van der Waals surface area (Å²) < 4.78 is 0. The molecule has 154 valence electrons. The van der Waals surface area contributed by atoms with Gasteiger partial charge in [0.15, 0.2) is 0 Å². The van der Waals surface area contributed by atoms with Crippen molar-refractivity contribution in [1.29, 1.82) is 0 Å². The number of aliphatic hydroxyl groups excluding tert-OH is 1. The van der Waals surface area contributed by atoms with E-state index >= 15 is 0 Å². The highest BCUT2D eigenvalue weighted by atomic mass is 16.3. The predicted molar refractivity (Wildman–Crippen MR) is 121 cm³/mol. The van der Waals surface area contributed by atoms with E-state index < -0.39 is 0 Å². The van der Waals surface area contributed by atoms with Gasteiger partial charge in [0, 0.05) is 42.2 Å². The zero-order valence-corrected chi connectivity index (χ0v) is 17.9. The minimum absolute atomic E-state index is 0.292. The predicted octanol–water partition coefficient (Wildman–Crippen LogP) is 4.00. The van der Waals surface area contributed by atoms with Crippen LogP contribution in [-0.4, -0.2) is 41.3 Å². The van der Waals surface area contributed by atoms with Gasteiger partial charge >= 0.3 is 0 Å². The van der Waals surface area contributed by atoms with Gasteiger partial charge in [-0.2, -0.15) is 0 Å². The standard InChI is InChI=1S/C26H34N2O/c1-4-19(3)25(29)18-28-23(5-2)26(24(28)17-27)22-15-13-21(14-16-22)12-11-20-9-7-6-8-10-20/h6-10,13-16,19,23-26,29H,4-5,17-18,27H2,1-3H3. The first-order valence-corrected chi connectivity index (χ1v) is 10.9. The number of hydrogen-bond donors (Lipinski definition) is 2. The van der Waals surface area contributed by atoms with Gasteiger partial charge in [0.2, 0.25) is 0 Å². The topological polar surface area (TPSA) is 49.5 Å². The molecule has 1 aliphatic heterocycles. The van der Waals surface area contributed by atoms with Crippen molar-refractivity contribution in [2.75, 3.05) is 13.1 Å². The van der Waals surface area contributed by atoms with E-state index in [2.05, 4.69) is 61.8 Å². The maximum atomic E-state index is 10.5. The summed E-state index contributed by atoms with van der Waals surface area (Å²) in [5, 5.41) is 10.5. The molecule has 2 aromatic carbocycles. The molecule has 0 saturated carbocycles. The molecule has 0 bridgehead atoms. The Morgan fingerprint density at radius 1 is 0.966 bits per heavy atom. The summed E-state index contributed by atoms with van der Waals surface area (Å²) in [4.78, 5) is 2.42. The number of rotatable bonds is 7. The third-order valence-corrected chi connectivity index (χ3v) is 6.46. The molecule has 0 amide bonds. The van der Waals surface area contributed by atoms with Crippen LogP contribution >= 0.6 is 0 Å². The van der Waals surface area contributed by atoms with Gasteiger partial charge in [-0.25, -0.2) is 0 Å². The number of nitrogens with two attached hydrogens (primary N) is 1. The van der Waals surface area contributed by atoms with Crippen LogP contribution in [0.1, 0.15) is 56.2 Å². The van der Waals surface area contributed by atoms with E-state index in [-0.39, 0.29) is 6.10 Å². The zero-order valence-electron chi connectivity index (χ0n) is 17.9. The van der Waals surface area contributed by atoms with Crippen LogP contribution in [0.3, 0.4) is 0 Å². The third kappa shape index (κ3) is 4.90.